The van der Waals surface area contributed by atoms with E-state index in [0.717, 1.165) is 50.0 Å². The Kier molecular flexibility index (Phi) is 5.24. The highest BCUT2D eigenvalue weighted by molar-refractivity contribution is 5.90. The first-order valence-corrected chi connectivity index (χ1v) is 10.5. The zero-order chi connectivity index (χ0) is 21.2. The molecular formula is C20H25N9O2. The molecule has 2 N–H and O–H groups in total. The number of fused-ring (bicyclic) bond motifs is 3. The highest BCUT2D eigenvalue weighted by Gasteiger charge is 2.19. The number of anilines is 1. The van der Waals surface area contributed by atoms with Crippen molar-refractivity contribution in [3.63, 3.8) is 0 Å². The molecule has 0 unspecified atom stereocenters. The van der Waals surface area contributed by atoms with Gasteiger partial charge < -0.3 is 19.9 Å². The van der Waals surface area contributed by atoms with Crippen LogP contribution in [0.1, 0.15) is 26.2 Å². The Morgan fingerprint density at radius 3 is 2.84 bits per heavy atom. The van der Waals surface area contributed by atoms with Crippen LogP contribution in [0.15, 0.2) is 34.2 Å². The highest BCUT2D eigenvalue weighted by atomic mass is 16.6. The third-order valence-electron chi connectivity index (χ3n) is 5.39. The lowest BCUT2D eigenvalue weighted by molar-refractivity contribution is 0.141. The van der Waals surface area contributed by atoms with Crippen LogP contribution in [0.5, 0.6) is 0 Å². The fraction of sp³-hybridized carbons (Fsp3) is 0.450. The second kappa shape index (κ2) is 8.34. The number of hydrogen-bond donors (Lipinski definition) is 1. The molecule has 1 fully saturated rings. The summed E-state index contributed by atoms with van der Waals surface area (Å²) in [5.74, 6) is 1.31. The van der Waals surface area contributed by atoms with Crippen LogP contribution in [0.4, 0.5) is 5.95 Å². The monoisotopic (exact) mass is 423 g/mol. The number of aromatic nitrogens is 6. The van der Waals surface area contributed by atoms with Crippen molar-refractivity contribution in [2.75, 3.05) is 32.0 Å². The molecule has 0 amide bonds. The van der Waals surface area contributed by atoms with Crippen molar-refractivity contribution in [1.82, 2.24) is 34.3 Å². The second-order valence-electron chi connectivity index (χ2n) is 7.56. The van der Waals surface area contributed by atoms with Crippen molar-refractivity contribution in [2.45, 2.75) is 32.7 Å². The Labute approximate surface area is 178 Å². The Hall–Kier alpha value is -3.47. The van der Waals surface area contributed by atoms with Gasteiger partial charge >= 0.3 is 0 Å². The summed E-state index contributed by atoms with van der Waals surface area (Å²) in [6.45, 7) is 6.27. The fourth-order valence-electron chi connectivity index (χ4n) is 3.72. The predicted octanol–water partition coefficient (Wildman–Crippen LogP) is 2.19. The Morgan fingerprint density at radius 1 is 1.19 bits per heavy atom. The zero-order valence-electron chi connectivity index (χ0n) is 17.4. The van der Waals surface area contributed by atoms with E-state index in [9.17, 15) is 0 Å². The van der Waals surface area contributed by atoms with Gasteiger partial charge in [0.1, 0.15) is 6.61 Å². The quantitative estimate of drug-likeness (QED) is 0.354. The minimum atomic E-state index is 0.264. The van der Waals surface area contributed by atoms with Crippen LogP contribution in [0, 0.1) is 0 Å². The topological polar surface area (TPSA) is 125 Å². The average molecular weight is 423 g/mol. The SMILES string of the molecule is CCCON=C1CCN(CCn2ncc3c2nc(N)n2nc(-c4ccco4)nc32)CC1. The largest absolute Gasteiger partial charge is 0.461 e. The number of piperidine rings is 1. The summed E-state index contributed by atoms with van der Waals surface area (Å²) in [4.78, 5) is 16.8. The van der Waals surface area contributed by atoms with Crippen LogP contribution in [0.25, 0.3) is 28.3 Å². The van der Waals surface area contributed by atoms with Gasteiger partial charge in [-0.2, -0.15) is 14.6 Å². The number of hydrogen-bond acceptors (Lipinski definition) is 9. The molecule has 11 nitrogen and oxygen atoms in total. The maximum absolute atomic E-state index is 6.16. The van der Waals surface area contributed by atoms with Gasteiger partial charge in [0.25, 0.3) is 0 Å². The fourth-order valence-corrected chi connectivity index (χ4v) is 3.72. The summed E-state index contributed by atoms with van der Waals surface area (Å²) in [5.41, 5.74) is 8.63. The summed E-state index contributed by atoms with van der Waals surface area (Å²) in [6, 6.07) is 3.60. The third-order valence-corrected chi connectivity index (χ3v) is 5.39. The Balaban J connectivity index is 1.31. The number of rotatable bonds is 7. The van der Waals surface area contributed by atoms with E-state index in [4.69, 9.17) is 15.0 Å². The molecule has 0 spiro atoms. The molecule has 0 aromatic carbocycles. The summed E-state index contributed by atoms with van der Waals surface area (Å²) in [5, 5.41) is 14.0. The van der Waals surface area contributed by atoms with Crippen molar-refractivity contribution in [3.05, 3.63) is 24.6 Å². The molecule has 1 saturated heterocycles. The van der Waals surface area contributed by atoms with Gasteiger partial charge in [-0.05, 0) is 18.6 Å². The van der Waals surface area contributed by atoms with E-state index in [2.05, 4.69) is 37.1 Å². The third kappa shape index (κ3) is 3.83. The van der Waals surface area contributed by atoms with Crippen LogP contribution in [0.2, 0.25) is 0 Å². The molecule has 31 heavy (non-hydrogen) atoms. The highest BCUT2D eigenvalue weighted by Crippen LogP contribution is 2.23. The molecule has 1 aliphatic rings. The minimum Gasteiger partial charge on any atom is -0.461 e. The molecule has 5 rings (SSSR count). The number of furan rings is 1. The van der Waals surface area contributed by atoms with E-state index < -0.39 is 0 Å². The van der Waals surface area contributed by atoms with Gasteiger partial charge in [0, 0.05) is 32.5 Å². The van der Waals surface area contributed by atoms with Crippen LogP contribution in [-0.2, 0) is 11.4 Å². The maximum atomic E-state index is 6.16. The lowest BCUT2D eigenvalue weighted by Gasteiger charge is -2.27. The molecule has 0 bridgehead atoms. The molecule has 4 aromatic rings. The molecule has 162 valence electrons. The number of nitrogen functional groups attached to an aromatic ring is 1. The van der Waals surface area contributed by atoms with Crippen molar-refractivity contribution in [1.29, 1.82) is 0 Å². The van der Waals surface area contributed by atoms with E-state index in [1.54, 1.807) is 18.5 Å². The predicted molar refractivity (Wildman–Crippen MR) is 116 cm³/mol. The van der Waals surface area contributed by atoms with Gasteiger partial charge in [0.15, 0.2) is 17.1 Å². The van der Waals surface area contributed by atoms with E-state index in [1.165, 1.54) is 4.52 Å². The van der Waals surface area contributed by atoms with Gasteiger partial charge in [0.05, 0.1) is 30.1 Å². The summed E-state index contributed by atoms with van der Waals surface area (Å²) >= 11 is 0. The molecule has 0 atom stereocenters. The van der Waals surface area contributed by atoms with Gasteiger partial charge in [-0.3, -0.25) is 0 Å². The molecular weight excluding hydrogens is 398 g/mol. The average Bonchev–Trinajstić information content (AvgIpc) is 3.53. The number of likely N-dealkylation sites (tertiary alicyclic amines) is 1. The Bertz CT molecular complexity index is 1200. The van der Waals surface area contributed by atoms with Gasteiger partial charge in [-0.1, -0.05) is 12.1 Å². The smallest absolute Gasteiger partial charge is 0.225 e. The molecule has 5 heterocycles. The summed E-state index contributed by atoms with van der Waals surface area (Å²) in [6.07, 6.45) is 6.20. The second-order valence-corrected chi connectivity index (χ2v) is 7.56. The summed E-state index contributed by atoms with van der Waals surface area (Å²) < 4.78 is 8.81. The van der Waals surface area contributed by atoms with E-state index in [1.807, 2.05) is 10.7 Å². The number of nitrogens with two attached hydrogens (primary N) is 1. The van der Waals surface area contributed by atoms with Crippen LogP contribution < -0.4 is 5.73 Å². The van der Waals surface area contributed by atoms with Crippen molar-refractivity contribution < 1.29 is 9.25 Å². The van der Waals surface area contributed by atoms with E-state index in [-0.39, 0.29) is 5.95 Å². The first-order valence-electron chi connectivity index (χ1n) is 10.5. The molecule has 0 radical (unpaired) electrons. The summed E-state index contributed by atoms with van der Waals surface area (Å²) in [7, 11) is 0. The van der Waals surface area contributed by atoms with Crippen LogP contribution >= 0.6 is 0 Å². The normalized spacial score (nSPS) is 15.2. The van der Waals surface area contributed by atoms with Gasteiger partial charge in [-0.15, -0.1) is 5.10 Å². The first-order chi connectivity index (χ1) is 15.2. The van der Waals surface area contributed by atoms with E-state index >= 15 is 0 Å². The molecule has 11 heteroatoms. The molecule has 1 aliphatic heterocycles. The van der Waals surface area contributed by atoms with Crippen molar-refractivity contribution in [2.24, 2.45) is 5.16 Å². The maximum Gasteiger partial charge on any atom is 0.225 e. The van der Waals surface area contributed by atoms with Crippen LogP contribution in [-0.4, -0.2) is 66.2 Å². The Morgan fingerprint density at radius 2 is 2.06 bits per heavy atom. The van der Waals surface area contributed by atoms with Gasteiger partial charge in [-0.25, -0.2) is 9.67 Å². The molecule has 0 saturated carbocycles. The zero-order valence-corrected chi connectivity index (χ0v) is 17.4. The van der Waals surface area contributed by atoms with E-state index in [0.29, 0.717) is 36.0 Å². The van der Waals surface area contributed by atoms with Crippen molar-refractivity contribution in [3.8, 4) is 11.6 Å². The van der Waals surface area contributed by atoms with Crippen molar-refractivity contribution >= 4 is 28.3 Å². The first kappa shape index (κ1) is 19.5. The molecule has 0 aliphatic carbocycles. The number of nitrogens with zero attached hydrogens (tertiary/aromatic N) is 8. The molecule has 4 aromatic heterocycles. The van der Waals surface area contributed by atoms with Crippen LogP contribution in [0.3, 0.4) is 0 Å². The van der Waals surface area contributed by atoms with Gasteiger partial charge in [0.2, 0.25) is 11.8 Å². The lowest BCUT2D eigenvalue weighted by Crippen LogP contribution is -2.36. The lowest BCUT2D eigenvalue weighted by atomic mass is 10.1. The minimum absolute atomic E-state index is 0.264. The number of oxime groups is 1. The standard InChI is InChI=1S/C20H25N9O2/c1-2-11-31-26-14-5-7-27(8-6-14)9-10-28-18-15(13-22-28)19-23-17(16-4-3-12-30-16)25-29(19)20(21)24-18/h3-4,12-13H,2,5-11H2,1H3,(H2,21,24).